The molecule has 2 aromatic carbocycles. The molecule has 1 atom stereocenters. The Kier molecular flexibility index (Phi) is 4.38. The number of benzene rings is 2. The average molecular weight is 301 g/mol. The quantitative estimate of drug-likeness (QED) is 0.926. The smallest absolute Gasteiger partial charge is 0.118 e. The van der Waals surface area contributed by atoms with E-state index in [0.717, 1.165) is 15.7 Å². The minimum absolute atomic E-state index is 0.230. The standard InChI is InChI=1S/C15H13BrN2/c16-14-8-4-5-9-15(14)18-13(11-17)10-12-6-2-1-3-7-12/h1-9,13,18H,10H2. The van der Waals surface area contributed by atoms with Crippen molar-refractivity contribution in [2.75, 3.05) is 5.32 Å². The third kappa shape index (κ3) is 3.35. The molecule has 2 rings (SSSR count). The molecule has 2 aromatic rings. The second-order valence-electron chi connectivity index (χ2n) is 4.00. The van der Waals surface area contributed by atoms with Crippen LogP contribution < -0.4 is 5.32 Å². The molecule has 3 heteroatoms. The normalized spacial score (nSPS) is 11.6. The second kappa shape index (κ2) is 6.23. The van der Waals surface area contributed by atoms with Crippen molar-refractivity contribution >= 4 is 21.6 Å². The monoisotopic (exact) mass is 300 g/mol. The van der Waals surface area contributed by atoms with Crippen LogP contribution in [0.3, 0.4) is 0 Å². The van der Waals surface area contributed by atoms with Crippen LogP contribution in [0.15, 0.2) is 59.1 Å². The Hall–Kier alpha value is -1.79. The third-order valence-electron chi connectivity index (χ3n) is 2.64. The minimum Gasteiger partial charge on any atom is -0.369 e. The first-order chi connectivity index (χ1) is 8.79. The number of nitriles is 1. The number of nitrogens with zero attached hydrogens (tertiary/aromatic N) is 1. The maximum absolute atomic E-state index is 9.21. The maximum Gasteiger partial charge on any atom is 0.118 e. The van der Waals surface area contributed by atoms with Gasteiger partial charge in [0.15, 0.2) is 0 Å². The van der Waals surface area contributed by atoms with Crippen LogP contribution in [0.1, 0.15) is 5.56 Å². The number of hydrogen-bond donors (Lipinski definition) is 1. The molecule has 2 nitrogen and oxygen atoms in total. The highest BCUT2D eigenvalue weighted by Gasteiger charge is 2.09. The van der Waals surface area contributed by atoms with E-state index in [9.17, 15) is 5.26 Å². The van der Waals surface area contributed by atoms with Crippen LogP contribution in [0, 0.1) is 11.3 Å². The fourth-order valence-electron chi connectivity index (χ4n) is 1.74. The van der Waals surface area contributed by atoms with E-state index in [1.165, 1.54) is 0 Å². The van der Waals surface area contributed by atoms with Crippen LogP contribution in [0.2, 0.25) is 0 Å². The molecule has 0 aliphatic heterocycles. The first-order valence-electron chi connectivity index (χ1n) is 5.74. The van der Waals surface area contributed by atoms with Crippen LogP contribution in [-0.4, -0.2) is 6.04 Å². The zero-order valence-corrected chi connectivity index (χ0v) is 11.4. The minimum atomic E-state index is -0.230. The lowest BCUT2D eigenvalue weighted by Gasteiger charge is -2.14. The lowest BCUT2D eigenvalue weighted by molar-refractivity contribution is 0.876. The first-order valence-corrected chi connectivity index (χ1v) is 6.53. The third-order valence-corrected chi connectivity index (χ3v) is 3.33. The van der Waals surface area contributed by atoms with Crippen molar-refractivity contribution in [3.8, 4) is 6.07 Å². The average Bonchev–Trinajstić information content (AvgIpc) is 2.41. The van der Waals surface area contributed by atoms with Gasteiger partial charge in [-0.05, 0) is 33.6 Å². The first kappa shape index (κ1) is 12.7. The van der Waals surface area contributed by atoms with Gasteiger partial charge in [-0.1, -0.05) is 42.5 Å². The van der Waals surface area contributed by atoms with E-state index < -0.39 is 0 Å². The molecular formula is C15H13BrN2. The predicted molar refractivity (Wildman–Crippen MR) is 77.3 cm³/mol. The highest BCUT2D eigenvalue weighted by atomic mass is 79.9. The van der Waals surface area contributed by atoms with Gasteiger partial charge in [-0.15, -0.1) is 0 Å². The summed E-state index contributed by atoms with van der Waals surface area (Å²) >= 11 is 3.47. The van der Waals surface area contributed by atoms with Gasteiger partial charge in [0.2, 0.25) is 0 Å². The Bertz CT molecular complexity index is 546. The van der Waals surface area contributed by atoms with Crippen molar-refractivity contribution in [1.29, 1.82) is 5.26 Å². The van der Waals surface area contributed by atoms with Gasteiger partial charge in [-0.25, -0.2) is 0 Å². The lowest BCUT2D eigenvalue weighted by atomic mass is 10.1. The summed E-state index contributed by atoms with van der Waals surface area (Å²) in [6.07, 6.45) is 0.693. The summed E-state index contributed by atoms with van der Waals surface area (Å²) in [6.45, 7) is 0. The van der Waals surface area contributed by atoms with Crippen molar-refractivity contribution < 1.29 is 0 Å². The maximum atomic E-state index is 9.21. The molecule has 0 spiro atoms. The van der Waals surface area contributed by atoms with Gasteiger partial charge in [0.1, 0.15) is 6.04 Å². The Balaban J connectivity index is 2.07. The molecule has 0 radical (unpaired) electrons. The summed E-state index contributed by atoms with van der Waals surface area (Å²) in [5.41, 5.74) is 2.10. The molecule has 0 amide bonds. The van der Waals surface area contributed by atoms with Crippen LogP contribution in [-0.2, 0) is 6.42 Å². The van der Waals surface area contributed by atoms with Crippen molar-refractivity contribution in [2.24, 2.45) is 0 Å². The fraction of sp³-hybridized carbons (Fsp3) is 0.133. The van der Waals surface area contributed by atoms with Gasteiger partial charge in [-0.3, -0.25) is 0 Å². The lowest BCUT2D eigenvalue weighted by Crippen LogP contribution is -2.20. The summed E-state index contributed by atoms with van der Waals surface area (Å²) < 4.78 is 0.971. The van der Waals surface area contributed by atoms with Gasteiger partial charge < -0.3 is 5.32 Å². The molecular weight excluding hydrogens is 288 g/mol. The van der Waals surface area contributed by atoms with Gasteiger partial charge in [-0.2, -0.15) is 5.26 Å². The van der Waals surface area contributed by atoms with E-state index in [1.54, 1.807) is 0 Å². The molecule has 18 heavy (non-hydrogen) atoms. The van der Waals surface area contributed by atoms with Crippen molar-refractivity contribution in [3.63, 3.8) is 0 Å². The zero-order chi connectivity index (χ0) is 12.8. The Labute approximate surface area is 115 Å². The van der Waals surface area contributed by atoms with Gasteiger partial charge in [0.25, 0.3) is 0 Å². The van der Waals surface area contributed by atoms with Gasteiger partial charge in [0.05, 0.1) is 6.07 Å². The highest BCUT2D eigenvalue weighted by Crippen LogP contribution is 2.22. The number of nitrogens with one attached hydrogen (secondary N) is 1. The Morgan fingerprint density at radius 2 is 1.72 bits per heavy atom. The van der Waals surface area contributed by atoms with Gasteiger partial charge >= 0.3 is 0 Å². The predicted octanol–water partition coefficient (Wildman–Crippen LogP) is 4.00. The van der Waals surface area contributed by atoms with Gasteiger partial charge in [0, 0.05) is 16.6 Å². The molecule has 90 valence electrons. The molecule has 0 aromatic heterocycles. The Morgan fingerprint density at radius 3 is 2.39 bits per heavy atom. The number of hydrogen-bond acceptors (Lipinski definition) is 2. The molecule has 0 saturated carbocycles. The zero-order valence-electron chi connectivity index (χ0n) is 9.81. The summed E-state index contributed by atoms with van der Waals surface area (Å²) in [6, 6.07) is 19.9. The van der Waals surface area contributed by atoms with Crippen molar-refractivity contribution in [2.45, 2.75) is 12.5 Å². The largest absolute Gasteiger partial charge is 0.369 e. The summed E-state index contributed by atoms with van der Waals surface area (Å²) in [5, 5.41) is 12.4. The molecule has 0 fully saturated rings. The summed E-state index contributed by atoms with van der Waals surface area (Å²) in [4.78, 5) is 0. The van der Waals surface area contributed by atoms with Crippen molar-refractivity contribution in [3.05, 3.63) is 64.6 Å². The number of anilines is 1. The molecule has 0 heterocycles. The Morgan fingerprint density at radius 1 is 1.06 bits per heavy atom. The van der Waals surface area contributed by atoms with Crippen LogP contribution in [0.5, 0.6) is 0 Å². The van der Waals surface area contributed by atoms with E-state index in [1.807, 2.05) is 54.6 Å². The molecule has 1 unspecified atom stereocenters. The second-order valence-corrected chi connectivity index (χ2v) is 4.85. The molecule has 0 aliphatic carbocycles. The molecule has 1 N–H and O–H groups in total. The topological polar surface area (TPSA) is 35.8 Å². The van der Waals surface area contributed by atoms with E-state index in [0.29, 0.717) is 6.42 Å². The molecule has 0 saturated heterocycles. The molecule has 0 aliphatic rings. The highest BCUT2D eigenvalue weighted by molar-refractivity contribution is 9.10. The van der Waals surface area contributed by atoms with E-state index >= 15 is 0 Å². The molecule has 0 bridgehead atoms. The van der Waals surface area contributed by atoms with Crippen molar-refractivity contribution in [1.82, 2.24) is 0 Å². The summed E-state index contributed by atoms with van der Waals surface area (Å²) in [7, 11) is 0. The number of halogens is 1. The number of rotatable bonds is 4. The fourth-order valence-corrected chi connectivity index (χ4v) is 2.14. The van der Waals surface area contributed by atoms with Crippen LogP contribution in [0.4, 0.5) is 5.69 Å². The van der Waals surface area contributed by atoms with E-state index in [-0.39, 0.29) is 6.04 Å². The van der Waals surface area contributed by atoms with Crippen LogP contribution in [0.25, 0.3) is 0 Å². The summed E-state index contributed by atoms with van der Waals surface area (Å²) in [5.74, 6) is 0. The van der Waals surface area contributed by atoms with Crippen LogP contribution >= 0.6 is 15.9 Å². The van der Waals surface area contributed by atoms with E-state index in [4.69, 9.17) is 0 Å². The van der Waals surface area contributed by atoms with E-state index in [2.05, 4.69) is 27.3 Å². The number of para-hydroxylation sites is 1. The SMILES string of the molecule is N#CC(Cc1ccccc1)Nc1ccccc1Br.